The quantitative estimate of drug-likeness (QED) is 0.220. The summed E-state index contributed by atoms with van der Waals surface area (Å²) in [5.41, 5.74) is 10.8. The zero-order chi connectivity index (χ0) is 24.3. The Morgan fingerprint density at radius 1 is 0.514 bits per heavy atom. The van der Waals surface area contributed by atoms with Gasteiger partial charge in [-0.15, -0.1) is 0 Å². The molecule has 6 heteroatoms. The second-order valence-electron chi connectivity index (χ2n) is 7.74. The van der Waals surface area contributed by atoms with E-state index in [2.05, 4.69) is 21.1 Å². The predicted octanol–water partition coefficient (Wildman–Crippen LogP) is 5.01. The standard InChI is InChI=1S/C29H24N4O2/c34-28(32-30-20-22-11-15-26(16-12-22)24-7-3-1-4-8-24)19-29(35)33-31-21-23-13-17-27(18-14-23)25-9-5-2-6-10-25/h1-18,20-21H,19H2,(H,32,34)(H,33,35)/b30-20-,31-21-. The fraction of sp³-hybridized carbons (Fsp3) is 0.0345. The number of hydrazone groups is 2. The minimum atomic E-state index is -0.526. The molecule has 35 heavy (non-hydrogen) atoms. The van der Waals surface area contributed by atoms with Gasteiger partial charge in [0.05, 0.1) is 12.4 Å². The van der Waals surface area contributed by atoms with Crippen LogP contribution in [0.1, 0.15) is 17.5 Å². The number of nitrogens with zero attached hydrogens (tertiary/aromatic N) is 2. The number of hydrogen-bond acceptors (Lipinski definition) is 4. The molecule has 0 bridgehead atoms. The minimum absolute atomic E-state index is 0.380. The van der Waals surface area contributed by atoms with E-state index in [1.807, 2.05) is 109 Å². The lowest BCUT2D eigenvalue weighted by Gasteiger charge is -2.02. The Bertz CT molecular complexity index is 1210. The average molecular weight is 461 g/mol. The number of rotatable bonds is 8. The van der Waals surface area contributed by atoms with Crippen LogP contribution in [0.5, 0.6) is 0 Å². The van der Waals surface area contributed by atoms with Gasteiger partial charge in [0.1, 0.15) is 6.42 Å². The Hall–Kier alpha value is -4.84. The largest absolute Gasteiger partial charge is 0.273 e. The molecule has 0 aliphatic heterocycles. The number of hydrogen-bond donors (Lipinski definition) is 2. The first kappa shape index (κ1) is 23.3. The second-order valence-corrected chi connectivity index (χ2v) is 7.74. The van der Waals surface area contributed by atoms with Gasteiger partial charge in [0.25, 0.3) is 0 Å². The Balaban J connectivity index is 1.20. The van der Waals surface area contributed by atoms with E-state index in [0.717, 1.165) is 33.4 Å². The van der Waals surface area contributed by atoms with Gasteiger partial charge < -0.3 is 0 Å². The van der Waals surface area contributed by atoms with Crippen molar-refractivity contribution in [3.8, 4) is 22.3 Å². The molecule has 0 aliphatic rings. The van der Waals surface area contributed by atoms with E-state index >= 15 is 0 Å². The number of benzene rings is 4. The van der Waals surface area contributed by atoms with Crippen LogP contribution in [0.25, 0.3) is 22.3 Å². The van der Waals surface area contributed by atoms with E-state index in [1.54, 1.807) is 0 Å². The number of carbonyl (C=O) groups is 2. The summed E-state index contributed by atoms with van der Waals surface area (Å²) in [6.45, 7) is 0. The maximum atomic E-state index is 12.0. The first-order valence-electron chi connectivity index (χ1n) is 11.1. The Morgan fingerprint density at radius 2 is 0.857 bits per heavy atom. The molecule has 0 saturated carbocycles. The SMILES string of the molecule is O=C(CC(=O)N/N=C\c1ccc(-c2ccccc2)cc1)N/N=C\c1ccc(-c2ccccc2)cc1. The van der Waals surface area contributed by atoms with Gasteiger partial charge in [-0.05, 0) is 33.4 Å². The van der Waals surface area contributed by atoms with Crippen molar-refractivity contribution in [2.45, 2.75) is 6.42 Å². The molecule has 0 atom stereocenters. The second kappa shape index (κ2) is 11.9. The molecule has 6 nitrogen and oxygen atoms in total. The van der Waals surface area contributed by atoms with E-state index in [-0.39, 0.29) is 6.42 Å². The monoisotopic (exact) mass is 460 g/mol. The predicted molar refractivity (Wildman–Crippen MR) is 140 cm³/mol. The van der Waals surface area contributed by atoms with Gasteiger partial charge in [-0.1, -0.05) is 109 Å². The molecule has 0 unspecified atom stereocenters. The summed E-state index contributed by atoms with van der Waals surface area (Å²) < 4.78 is 0. The summed E-state index contributed by atoms with van der Waals surface area (Å²) in [4.78, 5) is 23.9. The van der Waals surface area contributed by atoms with Crippen LogP contribution < -0.4 is 10.9 Å². The van der Waals surface area contributed by atoms with E-state index in [0.29, 0.717) is 0 Å². The van der Waals surface area contributed by atoms with E-state index in [4.69, 9.17) is 0 Å². The summed E-state index contributed by atoms with van der Waals surface area (Å²) in [6.07, 6.45) is 2.68. The van der Waals surface area contributed by atoms with Crippen LogP contribution in [-0.4, -0.2) is 24.2 Å². The van der Waals surface area contributed by atoms with Gasteiger partial charge >= 0.3 is 0 Å². The first-order valence-corrected chi connectivity index (χ1v) is 11.1. The van der Waals surface area contributed by atoms with Crippen molar-refractivity contribution < 1.29 is 9.59 Å². The highest BCUT2D eigenvalue weighted by molar-refractivity contribution is 5.97. The lowest BCUT2D eigenvalue weighted by molar-refractivity contribution is -0.129. The van der Waals surface area contributed by atoms with Gasteiger partial charge in [0.2, 0.25) is 11.8 Å². The fourth-order valence-electron chi connectivity index (χ4n) is 3.37. The number of nitrogens with one attached hydrogen (secondary N) is 2. The molecule has 0 aliphatic carbocycles. The van der Waals surface area contributed by atoms with Gasteiger partial charge in [0, 0.05) is 0 Å². The summed E-state index contributed by atoms with van der Waals surface area (Å²) in [7, 11) is 0. The molecule has 0 radical (unpaired) electrons. The minimum Gasteiger partial charge on any atom is -0.273 e. The van der Waals surface area contributed by atoms with Crippen LogP contribution >= 0.6 is 0 Å². The third kappa shape index (κ3) is 7.07. The van der Waals surface area contributed by atoms with Crippen molar-refractivity contribution in [1.82, 2.24) is 10.9 Å². The Labute approximate surface area is 204 Å². The van der Waals surface area contributed by atoms with Crippen molar-refractivity contribution >= 4 is 24.2 Å². The lowest BCUT2D eigenvalue weighted by atomic mass is 10.0. The van der Waals surface area contributed by atoms with Crippen molar-refractivity contribution in [3.63, 3.8) is 0 Å². The normalized spacial score (nSPS) is 11.0. The maximum Gasteiger partial charge on any atom is 0.249 e. The van der Waals surface area contributed by atoms with E-state index in [1.165, 1.54) is 12.4 Å². The van der Waals surface area contributed by atoms with Gasteiger partial charge in [-0.2, -0.15) is 10.2 Å². The summed E-state index contributed by atoms with van der Waals surface area (Å²) in [5, 5.41) is 7.83. The third-order valence-corrected chi connectivity index (χ3v) is 5.16. The molecular formula is C29H24N4O2. The highest BCUT2D eigenvalue weighted by Crippen LogP contribution is 2.19. The smallest absolute Gasteiger partial charge is 0.249 e. The Kier molecular flexibility index (Phi) is 7.90. The van der Waals surface area contributed by atoms with Crippen LogP contribution in [0.3, 0.4) is 0 Å². The average Bonchev–Trinajstić information content (AvgIpc) is 2.90. The molecule has 4 aromatic carbocycles. The van der Waals surface area contributed by atoms with Gasteiger partial charge in [0.15, 0.2) is 0 Å². The summed E-state index contributed by atoms with van der Waals surface area (Å²) >= 11 is 0. The van der Waals surface area contributed by atoms with Crippen LogP contribution in [0.4, 0.5) is 0 Å². The zero-order valence-electron chi connectivity index (χ0n) is 19.0. The highest BCUT2D eigenvalue weighted by atomic mass is 16.2. The zero-order valence-corrected chi connectivity index (χ0v) is 19.0. The Morgan fingerprint density at radius 3 is 1.23 bits per heavy atom. The van der Waals surface area contributed by atoms with Gasteiger partial charge in [-0.3, -0.25) is 9.59 Å². The molecule has 0 aromatic heterocycles. The molecular weight excluding hydrogens is 436 g/mol. The van der Waals surface area contributed by atoms with Crippen LogP contribution in [0, 0.1) is 0 Å². The number of amides is 2. The molecule has 2 amide bonds. The van der Waals surface area contributed by atoms with Crippen molar-refractivity contribution in [3.05, 3.63) is 120 Å². The third-order valence-electron chi connectivity index (χ3n) is 5.16. The summed E-state index contributed by atoms with van der Waals surface area (Å²) in [6, 6.07) is 35.7. The molecule has 2 N–H and O–H groups in total. The molecule has 0 fully saturated rings. The van der Waals surface area contributed by atoms with Crippen LogP contribution in [-0.2, 0) is 9.59 Å². The van der Waals surface area contributed by atoms with Crippen LogP contribution in [0.2, 0.25) is 0 Å². The van der Waals surface area contributed by atoms with Gasteiger partial charge in [-0.25, -0.2) is 10.9 Å². The van der Waals surface area contributed by atoms with E-state index < -0.39 is 11.8 Å². The molecule has 172 valence electrons. The summed E-state index contributed by atoms with van der Waals surface area (Å²) in [5.74, 6) is -1.05. The van der Waals surface area contributed by atoms with Crippen molar-refractivity contribution in [1.29, 1.82) is 0 Å². The highest BCUT2D eigenvalue weighted by Gasteiger charge is 2.07. The molecule has 4 rings (SSSR count). The fourth-order valence-corrected chi connectivity index (χ4v) is 3.37. The molecule has 0 heterocycles. The maximum absolute atomic E-state index is 12.0. The van der Waals surface area contributed by atoms with Crippen molar-refractivity contribution in [2.75, 3.05) is 0 Å². The topological polar surface area (TPSA) is 82.9 Å². The van der Waals surface area contributed by atoms with E-state index in [9.17, 15) is 9.59 Å². The van der Waals surface area contributed by atoms with Crippen LogP contribution in [0.15, 0.2) is 119 Å². The first-order chi connectivity index (χ1) is 17.2. The number of carbonyl (C=O) groups excluding carboxylic acids is 2. The molecule has 4 aromatic rings. The molecule has 0 spiro atoms. The van der Waals surface area contributed by atoms with Crippen molar-refractivity contribution in [2.24, 2.45) is 10.2 Å². The molecule has 0 saturated heterocycles. The lowest BCUT2D eigenvalue weighted by Crippen LogP contribution is -2.27.